The highest BCUT2D eigenvalue weighted by Crippen LogP contribution is 2.39. The van der Waals surface area contributed by atoms with Crippen molar-refractivity contribution in [2.45, 2.75) is 19.6 Å². The van der Waals surface area contributed by atoms with E-state index in [4.69, 9.17) is 9.47 Å². The summed E-state index contributed by atoms with van der Waals surface area (Å²) in [6.07, 6.45) is 1.45. The van der Waals surface area contributed by atoms with Crippen LogP contribution < -0.4 is 14.9 Å². The Kier molecular flexibility index (Phi) is 8.00. The van der Waals surface area contributed by atoms with Crippen molar-refractivity contribution in [2.24, 2.45) is 0 Å². The monoisotopic (exact) mass is 554 g/mol. The van der Waals surface area contributed by atoms with Crippen LogP contribution in [-0.2, 0) is 19.6 Å². The van der Waals surface area contributed by atoms with Crippen LogP contribution in [0, 0.1) is 0 Å². The summed E-state index contributed by atoms with van der Waals surface area (Å²) in [6.45, 7) is 1.49. The molecule has 2 heterocycles. The van der Waals surface area contributed by atoms with E-state index in [-0.39, 0.29) is 5.56 Å². The number of hydrogen-bond donors (Lipinski definition) is 1. The molecule has 0 saturated heterocycles. The lowest BCUT2D eigenvalue weighted by atomic mass is 10.0. The molecule has 5 rings (SSSR count). The zero-order valence-electron chi connectivity index (χ0n) is 22.6. The topological polar surface area (TPSA) is 81.0 Å². The molecule has 1 N–H and O–H groups in total. The summed E-state index contributed by atoms with van der Waals surface area (Å²) < 4.78 is 12.8. The van der Waals surface area contributed by atoms with Crippen molar-refractivity contribution in [3.05, 3.63) is 118 Å². The van der Waals surface area contributed by atoms with Crippen molar-refractivity contribution in [1.29, 1.82) is 0 Å². The first-order valence-electron chi connectivity index (χ1n) is 12.8. The fraction of sp³-hybridized carbons (Fsp3) is 0.188. The fourth-order valence-corrected chi connectivity index (χ4v) is 6.22. The minimum atomic E-state index is -1.25. The maximum Gasteiger partial charge on any atom is 0.341 e. The minimum absolute atomic E-state index is 0.256. The fourth-order valence-electron chi connectivity index (χ4n) is 4.93. The SMILES string of the molecule is COc1ccc(-c2sc3c(c2CN(C)Cc2ccccc2)c(=O)c(C(=O)O)cn3Cc2ccccc2OC)cc1. The number of aromatic nitrogens is 1. The first-order valence-corrected chi connectivity index (χ1v) is 13.6. The van der Waals surface area contributed by atoms with E-state index < -0.39 is 11.4 Å². The van der Waals surface area contributed by atoms with Gasteiger partial charge in [-0.05, 0) is 54.1 Å². The molecular weight excluding hydrogens is 524 g/mol. The Morgan fingerprint density at radius 2 is 1.62 bits per heavy atom. The summed E-state index contributed by atoms with van der Waals surface area (Å²) in [5.74, 6) is 0.180. The predicted molar refractivity (Wildman–Crippen MR) is 159 cm³/mol. The van der Waals surface area contributed by atoms with Gasteiger partial charge in [0.2, 0.25) is 5.43 Å². The van der Waals surface area contributed by atoms with Crippen molar-refractivity contribution in [3.8, 4) is 21.9 Å². The number of rotatable bonds is 10. The minimum Gasteiger partial charge on any atom is -0.497 e. The van der Waals surface area contributed by atoms with E-state index in [9.17, 15) is 14.7 Å². The van der Waals surface area contributed by atoms with Gasteiger partial charge in [-0.1, -0.05) is 48.5 Å². The van der Waals surface area contributed by atoms with Gasteiger partial charge in [0.15, 0.2) is 0 Å². The van der Waals surface area contributed by atoms with Gasteiger partial charge in [0.05, 0.1) is 26.2 Å². The van der Waals surface area contributed by atoms with E-state index in [2.05, 4.69) is 17.0 Å². The average Bonchev–Trinajstić information content (AvgIpc) is 3.34. The highest BCUT2D eigenvalue weighted by Gasteiger charge is 2.24. The lowest BCUT2D eigenvalue weighted by molar-refractivity contribution is 0.0695. The highest BCUT2D eigenvalue weighted by atomic mass is 32.1. The summed E-state index contributed by atoms with van der Waals surface area (Å²) in [6, 6.07) is 25.4. The normalized spacial score (nSPS) is 11.2. The number of nitrogens with zero attached hydrogens (tertiary/aromatic N) is 2. The van der Waals surface area contributed by atoms with Crippen molar-refractivity contribution in [1.82, 2.24) is 9.47 Å². The first-order chi connectivity index (χ1) is 19.4. The summed E-state index contributed by atoms with van der Waals surface area (Å²) in [4.78, 5) is 29.8. The Labute approximate surface area is 236 Å². The number of carboxylic acids is 1. The Morgan fingerprint density at radius 1 is 0.925 bits per heavy atom. The number of hydrogen-bond acceptors (Lipinski definition) is 6. The number of fused-ring (bicyclic) bond motifs is 1. The van der Waals surface area contributed by atoms with Crippen molar-refractivity contribution < 1.29 is 19.4 Å². The van der Waals surface area contributed by atoms with Gasteiger partial charge in [-0.2, -0.15) is 0 Å². The summed E-state index contributed by atoms with van der Waals surface area (Å²) in [5.41, 5.74) is 3.05. The average molecular weight is 555 g/mol. The van der Waals surface area contributed by atoms with Gasteiger partial charge in [-0.3, -0.25) is 9.69 Å². The lowest BCUT2D eigenvalue weighted by Crippen LogP contribution is -2.22. The van der Waals surface area contributed by atoms with Gasteiger partial charge in [-0.25, -0.2) is 4.79 Å². The van der Waals surface area contributed by atoms with Crippen LogP contribution in [0.4, 0.5) is 0 Å². The second kappa shape index (κ2) is 11.8. The van der Waals surface area contributed by atoms with Crippen LogP contribution in [0.5, 0.6) is 11.5 Å². The number of para-hydroxylation sites is 1. The first kappa shape index (κ1) is 27.2. The molecule has 204 valence electrons. The Bertz CT molecular complexity index is 1710. The molecule has 7 nitrogen and oxygen atoms in total. The van der Waals surface area contributed by atoms with E-state index in [1.54, 1.807) is 14.2 Å². The van der Waals surface area contributed by atoms with Crippen LogP contribution in [0.2, 0.25) is 0 Å². The van der Waals surface area contributed by atoms with Crippen LogP contribution in [0.25, 0.3) is 20.7 Å². The molecule has 2 aromatic heterocycles. The van der Waals surface area contributed by atoms with E-state index in [1.807, 2.05) is 78.3 Å². The summed E-state index contributed by atoms with van der Waals surface area (Å²) in [7, 11) is 5.23. The molecule has 0 unspecified atom stereocenters. The van der Waals surface area contributed by atoms with E-state index >= 15 is 0 Å². The lowest BCUT2D eigenvalue weighted by Gasteiger charge is -2.18. The third-order valence-electron chi connectivity index (χ3n) is 6.85. The van der Waals surface area contributed by atoms with E-state index in [0.717, 1.165) is 37.7 Å². The van der Waals surface area contributed by atoms with Crippen molar-refractivity contribution in [3.63, 3.8) is 0 Å². The molecule has 5 aromatic rings. The Hall–Kier alpha value is -4.40. The van der Waals surface area contributed by atoms with Gasteiger partial charge in [0.25, 0.3) is 0 Å². The molecule has 8 heteroatoms. The number of thiophene rings is 1. The molecule has 40 heavy (non-hydrogen) atoms. The third-order valence-corrected chi connectivity index (χ3v) is 8.16. The molecule has 0 radical (unpaired) electrons. The summed E-state index contributed by atoms with van der Waals surface area (Å²) >= 11 is 1.49. The number of carbonyl (C=O) groups is 1. The molecular formula is C32H30N2O5S. The van der Waals surface area contributed by atoms with Crippen LogP contribution in [0.3, 0.4) is 0 Å². The van der Waals surface area contributed by atoms with Crippen molar-refractivity contribution in [2.75, 3.05) is 21.3 Å². The van der Waals surface area contributed by atoms with Gasteiger partial charge >= 0.3 is 5.97 Å². The van der Waals surface area contributed by atoms with Gasteiger partial charge in [0, 0.05) is 29.7 Å². The number of ether oxygens (including phenoxy) is 2. The zero-order valence-corrected chi connectivity index (χ0v) is 23.4. The molecule has 0 spiro atoms. The van der Waals surface area contributed by atoms with Gasteiger partial charge in [-0.15, -0.1) is 11.3 Å². The van der Waals surface area contributed by atoms with Crippen LogP contribution >= 0.6 is 11.3 Å². The Balaban J connectivity index is 1.71. The van der Waals surface area contributed by atoms with Crippen LogP contribution in [0.15, 0.2) is 89.9 Å². The second-order valence-electron chi connectivity index (χ2n) is 9.59. The van der Waals surface area contributed by atoms with Gasteiger partial charge < -0.3 is 19.1 Å². The van der Waals surface area contributed by atoms with E-state index in [0.29, 0.717) is 30.8 Å². The number of methoxy groups -OCH3 is 2. The maximum absolute atomic E-state index is 13.8. The van der Waals surface area contributed by atoms with E-state index in [1.165, 1.54) is 17.5 Å². The summed E-state index contributed by atoms with van der Waals surface area (Å²) in [5, 5.41) is 10.4. The molecule has 0 atom stereocenters. The largest absolute Gasteiger partial charge is 0.497 e. The van der Waals surface area contributed by atoms with Crippen molar-refractivity contribution >= 4 is 27.5 Å². The predicted octanol–water partition coefficient (Wildman–Crippen LogP) is 6.13. The molecule has 0 fully saturated rings. The molecule has 0 aliphatic carbocycles. The quantitative estimate of drug-likeness (QED) is 0.224. The van der Waals surface area contributed by atoms with Crippen LogP contribution in [0.1, 0.15) is 27.0 Å². The number of pyridine rings is 1. The molecule has 0 aliphatic heterocycles. The molecule has 0 bridgehead atoms. The third kappa shape index (κ3) is 5.50. The molecule has 3 aromatic carbocycles. The molecule has 0 amide bonds. The number of benzene rings is 3. The standard InChI is InChI=1S/C32H30N2O5S/c1-33(17-21-9-5-4-6-10-21)19-25-28-29(35)26(32(36)37)20-34(18-23-11-7-8-12-27(23)39-3)31(28)40-30(25)22-13-15-24(38-2)16-14-22/h4-16,20H,17-19H2,1-3H3,(H,36,37). The highest BCUT2D eigenvalue weighted by molar-refractivity contribution is 7.22. The van der Waals surface area contributed by atoms with Gasteiger partial charge in [0.1, 0.15) is 21.9 Å². The van der Waals surface area contributed by atoms with Crippen LogP contribution in [-0.4, -0.2) is 41.8 Å². The Morgan fingerprint density at radius 3 is 2.30 bits per heavy atom. The molecule has 0 aliphatic rings. The number of carboxylic acid groups (broad SMARTS) is 1. The smallest absolute Gasteiger partial charge is 0.341 e. The maximum atomic E-state index is 13.8. The molecule has 0 saturated carbocycles. The number of aromatic carboxylic acids is 1. The zero-order chi connectivity index (χ0) is 28.2. The second-order valence-corrected chi connectivity index (χ2v) is 10.6.